The monoisotopic (exact) mass is 209 g/mol. The lowest BCUT2D eigenvalue weighted by Crippen LogP contribution is -2.28. The molecule has 0 fully saturated rings. The van der Waals surface area contributed by atoms with Crippen molar-refractivity contribution in [2.24, 2.45) is 11.7 Å². The van der Waals surface area contributed by atoms with Gasteiger partial charge in [0.1, 0.15) is 6.61 Å². The molecule has 3 N–H and O–H groups in total. The summed E-state index contributed by atoms with van der Waals surface area (Å²) in [5.74, 6) is -1.07. The average molecular weight is 209 g/mol. The maximum absolute atomic E-state index is 11.3. The lowest BCUT2D eigenvalue weighted by Gasteiger charge is -2.10. The number of carbonyl (C=O) groups is 1. The fourth-order valence-electron chi connectivity index (χ4n) is 1.09. The molecule has 0 unspecified atom stereocenters. The van der Waals surface area contributed by atoms with Crippen molar-refractivity contribution in [1.29, 1.82) is 0 Å². The predicted molar refractivity (Wildman–Crippen MR) is 55.9 cm³/mol. The summed E-state index contributed by atoms with van der Waals surface area (Å²) in [6.45, 7) is 0.0461. The Labute approximate surface area is 88.7 Å². The highest BCUT2D eigenvalue weighted by Gasteiger charge is 2.16. The molecule has 0 aliphatic rings. The van der Waals surface area contributed by atoms with E-state index in [1.165, 1.54) is 0 Å². The number of hydrogen-bond donors (Lipinski definition) is 2. The Balaban J connectivity index is 2.40. The van der Waals surface area contributed by atoms with Crippen LogP contribution in [-0.4, -0.2) is 24.2 Å². The SMILES string of the molecule is NC[C@@H](CO)C(=O)OCc1ccccc1. The van der Waals surface area contributed by atoms with Crippen LogP contribution < -0.4 is 5.73 Å². The van der Waals surface area contributed by atoms with Crippen molar-refractivity contribution >= 4 is 5.97 Å². The number of hydrogen-bond acceptors (Lipinski definition) is 4. The molecular formula is C11H15NO3. The summed E-state index contributed by atoms with van der Waals surface area (Å²) in [5.41, 5.74) is 6.21. The summed E-state index contributed by atoms with van der Waals surface area (Å²) in [7, 11) is 0. The second-order valence-corrected chi connectivity index (χ2v) is 3.21. The number of aliphatic hydroxyl groups excluding tert-OH is 1. The maximum Gasteiger partial charge on any atom is 0.312 e. The van der Waals surface area contributed by atoms with Crippen LogP contribution in [0.4, 0.5) is 0 Å². The number of rotatable bonds is 5. The van der Waals surface area contributed by atoms with Gasteiger partial charge in [-0.2, -0.15) is 0 Å². The first kappa shape index (κ1) is 11.7. The van der Waals surface area contributed by atoms with E-state index < -0.39 is 11.9 Å². The molecular weight excluding hydrogens is 194 g/mol. The van der Waals surface area contributed by atoms with E-state index in [1.54, 1.807) is 0 Å². The zero-order chi connectivity index (χ0) is 11.1. The Morgan fingerprint density at radius 2 is 2.07 bits per heavy atom. The van der Waals surface area contributed by atoms with Crippen molar-refractivity contribution in [3.8, 4) is 0 Å². The maximum atomic E-state index is 11.3. The van der Waals surface area contributed by atoms with Crippen molar-refractivity contribution in [1.82, 2.24) is 0 Å². The van der Waals surface area contributed by atoms with Gasteiger partial charge < -0.3 is 15.6 Å². The number of esters is 1. The fraction of sp³-hybridized carbons (Fsp3) is 0.364. The molecule has 4 heteroatoms. The molecule has 0 aliphatic heterocycles. The van der Waals surface area contributed by atoms with Crippen LogP contribution in [0, 0.1) is 5.92 Å². The Kier molecular flexibility index (Phi) is 4.80. The molecule has 0 spiro atoms. The summed E-state index contributed by atoms with van der Waals surface area (Å²) < 4.78 is 4.99. The minimum Gasteiger partial charge on any atom is -0.460 e. The highest BCUT2D eigenvalue weighted by atomic mass is 16.5. The first-order chi connectivity index (χ1) is 7.27. The minimum atomic E-state index is -0.617. The molecule has 0 saturated heterocycles. The molecule has 0 amide bonds. The van der Waals surface area contributed by atoms with Crippen molar-refractivity contribution in [2.45, 2.75) is 6.61 Å². The van der Waals surface area contributed by atoms with Gasteiger partial charge in [-0.3, -0.25) is 4.79 Å². The second-order valence-electron chi connectivity index (χ2n) is 3.21. The van der Waals surface area contributed by atoms with E-state index in [1.807, 2.05) is 30.3 Å². The van der Waals surface area contributed by atoms with E-state index in [9.17, 15) is 4.79 Å². The molecule has 0 saturated carbocycles. The van der Waals surface area contributed by atoms with E-state index in [2.05, 4.69) is 0 Å². The van der Waals surface area contributed by atoms with Crippen LogP contribution in [0.15, 0.2) is 30.3 Å². The van der Waals surface area contributed by atoms with E-state index in [0.717, 1.165) is 5.56 Å². The molecule has 1 aromatic rings. The highest BCUT2D eigenvalue weighted by Crippen LogP contribution is 2.03. The van der Waals surface area contributed by atoms with E-state index in [-0.39, 0.29) is 19.8 Å². The number of nitrogens with two attached hydrogens (primary N) is 1. The Bertz CT molecular complexity index is 296. The average Bonchev–Trinajstić information content (AvgIpc) is 2.29. The number of carbonyl (C=O) groups excluding carboxylic acids is 1. The summed E-state index contributed by atoms with van der Waals surface area (Å²) >= 11 is 0. The van der Waals surface area contributed by atoms with Crippen molar-refractivity contribution < 1.29 is 14.6 Å². The van der Waals surface area contributed by atoms with Crippen LogP contribution in [0.5, 0.6) is 0 Å². The minimum absolute atomic E-state index is 0.101. The molecule has 1 atom stereocenters. The zero-order valence-electron chi connectivity index (χ0n) is 8.43. The van der Waals surface area contributed by atoms with Crippen molar-refractivity contribution in [3.05, 3.63) is 35.9 Å². The first-order valence-corrected chi connectivity index (χ1v) is 4.79. The number of aliphatic hydroxyl groups is 1. The zero-order valence-corrected chi connectivity index (χ0v) is 8.43. The molecule has 0 radical (unpaired) electrons. The van der Waals surface area contributed by atoms with Crippen LogP contribution in [0.3, 0.4) is 0 Å². The molecule has 0 bridgehead atoms. The first-order valence-electron chi connectivity index (χ1n) is 4.79. The van der Waals surface area contributed by atoms with Gasteiger partial charge in [0.2, 0.25) is 0 Å². The van der Waals surface area contributed by atoms with Gasteiger partial charge in [-0.05, 0) is 5.56 Å². The molecule has 1 aromatic carbocycles. The van der Waals surface area contributed by atoms with E-state index >= 15 is 0 Å². The molecule has 15 heavy (non-hydrogen) atoms. The van der Waals surface area contributed by atoms with E-state index in [4.69, 9.17) is 15.6 Å². The topological polar surface area (TPSA) is 72.5 Å². The third kappa shape index (κ3) is 3.69. The van der Waals surface area contributed by atoms with Gasteiger partial charge in [0, 0.05) is 6.54 Å². The van der Waals surface area contributed by atoms with Crippen LogP contribution in [0.2, 0.25) is 0 Å². The third-order valence-corrected chi connectivity index (χ3v) is 2.06. The normalized spacial score (nSPS) is 12.1. The van der Waals surface area contributed by atoms with Crippen LogP contribution >= 0.6 is 0 Å². The fourth-order valence-corrected chi connectivity index (χ4v) is 1.09. The lowest BCUT2D eigenvalue weighted by atomic mass is 10.1. The Morgan fingerprint density at radius 3 is 2.60 bits per heavy atom. The van der Waals surface area contributed by atoms with Crippen molar-refractivity contribution in [2.75, 3.05) is 13.2 Å². The van der Waals surface area contributed by atoms with Gasteiger partial charge in [-0.25, -0.2) is 0 Å². The number of benzene rings is 1. The molecule has 0 aromatic heterocycles. The summed E-state index contributed by atoms with van der Waals surface area (Å²) in [6.07, 6.45) is 0. The van der Waals surface area contributed by atoms with Gasteiger partial charge >= 0.3 is 5.97 Å². The van der Waals surface area contributed by atoms with Gasteiger partial charge in [0.05, 0.1) is 12.5 Å². The second kappa shape index (κ2) is 6.16. The predicted octanol–water partition coefficient (Wildman–Crippen LogP) is 0.297. The van der Waals surface area contributed by atoms with Crippen molar-refractivity contribution in [3.63, 3.8) is 0 Å². The standard InChI is InChI=1S/C11H15NO3/c12-6-10(7-13)11(14)15-8-9-4-2-1-3-5-9/h1-5,10,13H,6-8,12H2/t10-/m0/s1. The Hall–Kier alpha value is -1.39. The van der Waals surface area contributed by atoms with Gasteiger partial charge in [-0.15, -0.1) is 0 Å². The Morgan fingerprint density at radius 1 is 1.40 bits per heavy atom. The third-order valence-electron chi connectivity index (χ3n) is 2.06. The van der Waals surface area contributed by atoms with Gasteiger partial charge in [-0.1, -0.05) is 30.3 Å². The van der Waals surface area contributed by atoms with Crippen LogP contribution in [0.1, 0.15) is 5.56 Å². The smallest absolute Gasteiger partial charge is 0.312 e. The summed E-state index contributed by atoms with van der Waals surface area (Å²) in [5, 5.41) is 8.81. The van der Waals surface area contributed by atoms with Crippen LogP contribution in [-0.2, 0) is 16.1 Å². The number of ether oxygens (including phenoxy) is 1. The largest absolute Gasteiger partial charge is 0.460 e. The van der Waals surface area contributed by atoms with Gasteiger partial charge in [0.25, 0.3) is 0 Å². The molecule has 82 valence electrons. The summed E-state index contributed by atoms with van der Waals surface area (Å²) in [4.78, 5) is 11.3. The molecule has 1 rings (SSSR count). The highest BCUT2D eigenvalue weighted by molar-refractivity contribution is 5.72. The molecule has 4 nitrogen and oxygen atoms in total. The van der Waals surface area contributed by atoms with Crippen LogP contribution in [0.25, 0.3) is 0 Å². The molecule has 0 aliphatic carbocycles. The van der Waals surface area contributed by atoms with Gasteiger partial charge in [0.15, 0.2) is 0 Å². The quantitative estimate of drug-likeness (QED) is 0.684. The molecule has 0 heterocycles. The summed E-state index contributed by atoms with van der Waals surface area (Å²) in [6, 6.07) is 9.36. The lowest BCUT2D eigenvalue weighted by molar-refractivity contribution is -0.150. The van der Waals surface area contributed by atoms with E-state index in [0.29, 0.717) is 0 Å².